The maximum absolute atomic E-state index is 12.6. The average molecular weight is 377 g/mol. The molecule has 8 nitrogen and oxygen atoms in total. The van der Waals surface area contributed by atoms with E-state index in [-0.39, 0.29) is 25.0 Å². The predicted octanol–water partition coefficient (Wildman–Crippen LogP) is 1.47. The largest absolute Gasteiger partial charge is 0.356 e. The summed E-state index contributed by atoms with van der Waals surface area (Å²) in [6.07, 6.45) is 1.24. The van der Waals surface area contributed by atoms with E-state index in [9.17, 15) is 9.59 Å². The number of nitrogens with zero attached hydrogens (tertiary/aromatic N) is 2. The summed E-state index contributed by atoms with van der Waals surface area (Å²) in [7, 11) is 0. The number of ether oxygens (including phenoxy) is 1. The van der Waals surface area contributed by atoms with E-state index in [1.165, 1.54) is 0 Å². The highest BCUT2D eigenvalue weighted by atomic mass is 35.5. The molecule has 2 atom stereocenters. The van der Waals surface area contributed by atoms with Crippen molar-refractivity contribution in [2.75, 3.05) is 6.61 Å². The van der Waals surface area contributed by atoms with Crippen LogP contribution in [0.15, 0.2) is 28.8 Å². The van der Waals surface area contributed by atoms with Crippen LogP contribution in [0.3, 0.4) is 0 Å². The summed E-state index contributed by atoms with van der Waals surface area (Å²) in [6, 6.07) is 6.34. The number of rotatable bonds is 5. The summed E-state index contributed by atoms with van der Waals surface area (Å²) in [5, 5.41) is 9.85. The molecule has 2 unspecified atom stereocenters. The Kier molecular flexibility index (Phi) is 4.60. The Morgan fingerprint density at radius 2 is 2.15 bits per heavy atom. The number of amides is 2. The van der Waals surface area contributed by atoms with Gasteiger partial charge in [0.2, 0.25) is 11.8 Å². The van der Waals surface area contributed by atoms with Crippen LogP contribution in [-0.4, -0.2) is 34.7 Å². The first-order chi connectivity index (χ1) is 12.6. The lowest BCUT2D eigenvalue weighted by molar-refractivity contribution is -0.148. The summed E-state index contributed by atoms with van der Waals surface area (Å²) < 4.78 is 10.6. The zero-order valence-electron chi connectivity index (χ0n) is 13.8. The molecule has 0 radical (unpaired) electrons. The molecular formula is C17H17ClN4O4. The van der Waals surface area contributed by atoms with Crippen molar-refractivity contribution in [3.8, 4) is 0 Å². The normalized spacial score (nSPS) is 22.7. The van der Waals surface area contributed by atoms with E-state index >= 15 is 0 Å². The molecule has 2 amide bonds. The summed E-state index contributed by atoms with van der Waals surface area (Å²) in [5.74, 6) is 0.717. The van der Waals surface area contributed by atoms with Crippen molar-refractivity contribution in [2.24, 2.45) is 0 Å². The lowest BCUT2D eigenvalue weighted by atomic mass is 9.99. The highest BCUT2D eigenvalue weighted by Gasteiger charge is 2.37. The minimum atomic E-state index is -0.904. The number of carbonyl (C=O) groups is 2. The summed E-state index contributed by atoms with van der Waals surface area (Å²) >= 11 is 6.21. The molecule has 0 spiro atoms. The molecule has 2 fully saturated rings. The first-order valence-corrected chi connectivity index (χ1v) is 8.75. The first kappa shape index (κ1) is 17.0. The lowest BCUT2D eigenvalue weighted by Gasteiger charge is -2.32. The third-order valence-corrected chi connectivity index (χ3v) is 4.70. The number of benzene rings is 1. The van der Waals surface area contributed by atoms with Gasteiger partial charge < -0.3 is 19.9 Å². The molecule has 0 bridgehead atoms. The second-order valence-corrected chi connectivity index (χ2v) is 6.74. The van der Waals surface area contributed by atoms with Gasteiger partial charge in [-0.1, -0.05) is 35.0 Å². The van der Waals surface area contributed by atoms with Crippen LogP contribution in [0.25, 0.3) is 0 Å². The van der Waals surface area contributed by atoms with E-state index in [2.05, 4.69) is 20.8 Å². The van der Waals surface area contributed by atoms with E-state index in [1.807, 2.05) is 0 Å². The Labute approximate surface area is 154 Å². The van der Waals surface area contributed by atoms with E-state index in [0.29, 0.717) is 28.2 Å². The van der Waals surface area contributed by atoms with E-state index in [1.54, 1.807) is 24.3 Å². The van der Waals surface area contributed by atoms with Crippen molar-refractivity contribution in [3.05, 3.63) is 46.6 Å². The van der Waals surface area contributed by atoms with Crippen LogP contribution < -0.4 is 10.6 Å². The van der Waals surface area contributed by atoms with Crippen molar-refractivity contribution in [1.82, 2.24) is 20.8 Å². The number of halogens is 1. The van der Waals surface area contributed by atoms with Crippen molar-refractivity contribution < 1.29 is 18.8 Å². The molecule has 2 heterocycles. The van der Waals surface area contributed by atoms with Gasteiger partial charge in [0, 0.05) is 10.9 Å². The number of morpholine rings is 1. The van der Waals surface area contributed by atoms with Gasteiger partial charge in [0.1, 0.15) is 6.61 Å². The fourth-order valence-corrected chi connectivity index (χ4v) is 3.11. The molecule has 1 saturated heterocycles. The third kappa shape index (κ3) is 3.56. The average Bonchev–Trinajstić information content (AvgIpc) is 3.38. The Morgan fingerprint density at radius 1 is 1.35 bits per heavy atom. The number of hydrogen-bond donors (Lipinski definition) is 2. The smallest absolute Gasteiger partial charge is 0.252 e. The molecule has 26 heavy (non-hydrogen) atoms. The van der Waals surface area contributed by atoms with Gasteiger partial charge >= 0.3 is 0 Å². The SMILES string of the molecule is O=C1COC(C(=O)NCc2nc(C3CC3)no2)C(c2ccccc2Cl)N1. The molecule has 9 heteroatoms. The molecule has 1 aromatic carbocycles. The second kappa shape index (κ2) is 7.05. The van der Waals surface area contributed by atoms with Gasteiger partial charge in [-0.2, -0.15) is 4.98 Å². The van der Waals surface area contributed by atoms with Crippen LogP contribution in [0, 0.1) is 0 Å². The van der Waals surface area contributed by atoms with Gasteiger partial charge in [-0.05, 0) is 24.5 Å². The number of hydrogen-bond acceptors (Lipinski definition) is 6. The highest BCUT2D eigenvalue weighted by molar-refractivity contribution is 6.31. The molecule has 2 N–H and O–H groups in total. The van der Waals surface area contributed by atoms with Gasteiger partial charge in [0.15, 0.2) is 11.9 Å². The van der Waals surface area contributed by atoms with Gasteiger partial charge in [0.05, 0.1) is 12.6 Å². The maximum atomic E-state index is 12.6. The topological polar surface area (TPSA) is 106 Å². The third-order valence-electron chi connectivity index (χ3n) is 4.35. The van der Waals surface area contributed by atoms with Crippen LogP contribution >= 0.6 is 11.6 Å². The lowest BCUT2D eigenvalue weighted by Crippen LogP contribution is -2.52. The van der Waals surface area contributed by atoms with Crippen LogP contribution in [-0.2, 0) is 20.9 Å². The van der Waals surface area contributed by atoms with Gasteiger partial charge in [-0.25, -0.2) is 0 Å². The van der Waals surface area contributed by atoms with Crippen LogP contribution in [0.1, 0.15) is 42.1 Å². The molecule has 2 aromatic rings. The van der Waals surface area contributed by atoms with E-state index in [0.717, 1.165) is 12.8 Å². The number of nitrogens with one attached hydrogen (secondary N) is 2. The molecular weight excluding hydrogens is 360 g/mol. The van der Waals surface area contributed by atoms with Crippen LogP contribution in [0.5, 0.6) is 0 Å². The molecule has 1 aliphatic heterocycles. The number of aromatic nitrogens is 2. The Morgan fingerprint density at radius 3 is 2.92 bits per heavy atom. The second-order valence-electron chi connectivity index (χ2n) is 6.34. The van der Waals surface area contributed by atoms with Crippen molar-refractivity contribution in [2.45, 2.75) is 37.5 Å². The zero-order chi connectivity index (χ0) is 18.1. The molecule has 4 rings (SSSR count). The monoisotopic (exact) mass is 376 g/mol. The summed E-state index contributed by atoms with van der Waals surface area (Å²) in [6.45, 7) is -0.0903. The van der Waals surface area contributed by atoms with Crippen LogP contribution in [0.2, 0.25) is 5.02 Å². The zero-order valence-corrected chi connectivity index (χ0v) is 14.5. The Bertz CT molecular complexity index is 836. The van der Waals surface area contributed by atoms with Gasteiger partial charge in [0.25, 0.3) is 5.91 Å². The standard InChI is InChI=1S/C17H17ClN4O4/c18-11-4-2-1-3-10(11)14-15(25-8-12(23)20-14)17(24)19-7-13-21-16(22-26-13)9-5-6-9/h1-4,9,14-15H,5-8H2,(H,19,24)(H,20,23). The molecule has 1 aromatic heterocycles. The molecule has 1 saturated carbocycles. The van der Waals surface area contributed by atoms with Crippen molar-refractivity contribution in [3.63, 3.8) is 0 Å². The fraction of sp³-hybridized carbons (Fsp3) is 0.412. The predicted molar refractivity (Wildman–Crippen MR) is 90.2 cm³/mol. The molecule has 2 aliphatic rings. The van der Waals surface area contributed by atoms with E-state index < -0.39 is 12.1 Å². The summed E-state index contributed by atoms with van der Waals surface area (Å²) in [4.78, 5) is 28.6. The Hall–Kier alpha value is -2.45. The highest BCUT2D eigenvalue weighted by Crippen LogP contribution is 2.38. The van der Waals surface area contributed by atoms with Gasteiger partial charge in [-0.15, -0.1) is 0 Å². The maximum Gasteiger partial charge on any atom is 0.252 e. The number of carbonyl (C=O) groups excluding carboxylic acids is 2. The minimum absolute atomic E-state index is 0.0988. The fourth-order valence-electron chi connectivity index (χ4n) is 2.86. The minimum Gasteiger partial charge on any atom is -0.356 e. The van der Waals surface area contributed by atoms with E-state index in [4.69, 9.17) is 20.9 Å². The molecule has 136 valence electrons. The Balaban J connectivity index is 1.45. The van der Waals surface area contributed by atoms with Crippen molar-refractivity contribution in [1.29, 1.82) is 0 Å². The molecule has 1 aliphatic carbocycles. The van der Waals surface area contributed by atoms with Gasteiger partial charge in [-0.3, -0.25) is 9.59 Å². The van der Waals surface area contributed by atoms with Crippen LogP contribution in [0.4, 0.5) is 0 Å². The first-order valence-electron chi connectivity index (χ1n) is 8.37. The van der Waals surface area contributed by atoms with Crippen molar-refractivity contribution >= 4 is 23.4 Å². The quantitative estimate of drug-likeness (QED) is 0.818. The summed E-state index contributed by atoms with van der Waals surface area (Å²) in [5.41, 5.74) is 0.621.